The number of carbonyl (C=O) groups excluding carboxylic acids is 1. The van der Waals surface area contributed by atoms with Crippen LogP contribution in [0.5, 0.6) is 0 Å². The van der Waals surface area contributed by atoms with Crippen LogP contribution in [-0.2, 0) is 4.79 Å². The van der Waals surface area contributed by atoms with Crippen LogP contribution in [-0.4, -0.2) is 85.6 Å². The topological polar surface area (TPSA) is 38.8 Å². The first kappa shape index (κ1) is 20.9. The van der Waals surface area contributed by atoms with Gasteiger partial charge in [-0.1, -0.05) is 13.8 Å². The molecule has 0 radical (unpaired) electrons. The summed E-state index contributed by atoms with van der Waals surface area (Å²) in [6.45, 7) is 13.0. The predicted octanol–water partition coefficient (Wildman–Crippen LogP) is 0.678. The number of piperazine rings is 1. The van der Waals surface area contributed by atoms with E-state index in [1.54, 1.807) is 0 Å². The first-order valence-corrected chi connectivity index (χ1v) is 7.69. The molecule has 2 aliphatic heterocycles. The minimum atomic E-state index is 0. The number of hydrogen-bond acceptors (Lipinski definition) is 4. The molecule has 0 aliphatic carbocycles. The van der Waals surface area contributed by atoms with Crippen LogP contribution < -0.4 is 5.32 Å². The Morgan fingerprint density at radius 1 is 1.14 bits per heavy atom. The summed E-state index contributed by atoms with van der Waals surface area (Å²) >= 11 is 0. The van der Waals surface area contributed by atoms with Gasteiger partial charge in [-0.3, -0.25) is 14.6 Å². The van der Waals surface area contributed by atoms with E-state index in [4.69, 9.17) is 0 Å². The molecule has 0 aromatic rings. The van der Waals surface area contributed by atoms with Crippen molar-refractivity contribution in [3.63, 3.8) is 0 Å². The van der Waals surface area contributed by atoms with Gasteiger partial charge in [0.2, 0.25) is 5.91 Å². The molecule has 1 N–H and O–H groups in total. The highest BCUT2D eigenvalue weighted by Gasteiger charge is 2.30. The highest BCUT2D eigenvalue weighted by Crippen LogP contribution is 2.16. The lowest BCUT2D eigenvalue weighted by Gasteiger charge is -2.32. The average molecular weight is 341 g/mol. The monoisotopic (exact) mass is 340 g/mol. The summed E-state index contributed by atoms with van der Waals surface area (Å²) in [7, 11) is 0. The van der Waals surface area contributed by atoms with E-state index in [-0.39, 0.29) is 24.8 Å². The van der Waals surface area contributed by atoms with Crippen LogP contribution in [0.2, 0.25) is 0 Å². The van der Waals surface area contributed by atoms with Crippen molar-refractivity contribution in [3.8, 4) is 0 Å². The molecule has 7 heteroatoms. The molecule has 2 heterocycles. The van der Waals surface area contributed by atoms with E-state index in [2.05, 4.69) is 33.9 Å². The summed E-state index contributed by atoms with van der Waals surface area (Å²) in [4.78, 5) is 19.1. The van der Waals surface area contributed by atoms with Gasteiger partial charge in [-0.2, -0.15) is 0 Å². The van der Waals surface area contributed by atoms with Gasteiger partial charge in [0.25, 0.3) is 0 Å². The molecule has 0 aromatic carbocycles. The zero-order valence-corrected chi connectivity index (χ0v) is 14.8. The van der Waals surface area contributed by atoms with Crippen molar-refractivity contribution >= 4 is 30.7 Å². The zero-order chi connectivity index (χ0) is 13.7. The SMILES string of the molecule is CCN(CC)CC(=O)N1CCC(N2CCNCC2)C1.Cl.Cl. The molecule has 0 spiro atoms. The molecule has 2 aliphatic rings. The lowest BCUT2D eigenvalue weighted by atomic mass is 10.2. The molecule has 126 valence electrons. The van der Waals surface area contributed by atoms with Gasteiger partial charge >= 0.3 is 0 Å². The van der Waals surface area contributed by atoms with E-state index < -0.39 is 0 Å². The van der Waals surface area contributed by atoms with Crippen molar-refractivity contribution in [3.05, 3.63) is 0 Å². The number of hydrogen-bond donors (Lipinski definition) is 1. The van der Waals surface area contributed by atoms with E-state index in [9.17, 15) is 4.79 Å². The number of halogens is 2. The molecule has 0 bridgehead atoms. The van der Waals surface area contributed by atoms with Gasteiger partial charge in [0.05, 0.1) is 6.54 Å². The summed E-state index contributed by atoms with van der Waals surface area (Å²) < 4.78 is 0. The van der Waals surface area contributed by atoms with Crippen molar-refractivity contribution in [1.82, 2.24) is 20.0 Å². The Morgan fingerprint density at radius 2 is 1.76 bits per heavy atom. The third-order valence-corrected chi connectivity index (χ3v) is 4.44. The molecule has 5 nitrogen and oxygen atoms in total. The summed E-state index contributed by atoms with van der Waals surface area (Å²) in [5, 5.41) is 3.38. The fourth-order valence-corrected chi connectivity index (χ4v) is 3.05. The second-order valence-electron chi connectivity index (χ2n) is 5.53. The molecule has 0 saturated carbocycles. The highest BCUT2D eigenvalue weighted by atomic mass is 35.5. The molecular weight excluding hydrogens is 311 g/mol. The Hall–Kier alpha value is -0.0700. The highest BCUT2D eigenvalue weighted by molar-refractivity contribution is 5.85. The fourth-order valence-electron chi connectivity index (χ4n) is 3.05. The Morgan fingerprint density at radius 3 is 2.33 bits per heavy atom. The van der Waals surface area contributed by atoms with Gasteiger partial charge in [0.15, 0.2) is 0 Å². The standard InChI is InChI=1S/C14H28N4O.2ClH/c1-3-16(4-2)12-14(19)18-8-5-13(11-18)17-9-6-15-7-10-17;;/h13,15H,3-12H2,1-2H3;2*1H. The van der Waals surface area contributed by atoms with Gasteiger partial charge in [0.1, 0.15) is 0 Å². The molecular formula is C14H30Cl2N4O. The first-order valence-electron chi connectivity index (χ1n) is 7.69. The van der Waals surface area contributed by atoms with Crippen molar-refractivity contribution in [2.75, 3.05) is 58.9 Å². The maximum absolute atomic E-state index is 12.3. The Balaban J connectivity index is 0.00000200. The molecule has 1 unspecified atom stereocenters. The molecule has 2 fully saturated rings. The predicted molar refractivity (Wildman–Crippen MR) is 91.7 cm³/mol. The summed E-state index contributed by atoms with van der Waals surface area (Å²) in [6.07, 6.45) is 1.14. The van der Waals surface area contributed by atoms with Gasteiger partial charge in [-0.15, -0.1) is 24.8 Å². The lowest BCUT2D eigenvalue weighted by molar-refractivity contribution is -0.131. The minimum absolute atomic E-state index is 0. The number of carbonyl (C=O) groups is 1. The van der Waals surface area contributed by atoms with Crippen LogP contribution in [0.4, 0.5) is 0 Å². The second-order valence-corrected chi connectivity index (χ2v) is 5.53. The summed E-state index contributed by atoms with van der Waals surface area (Å²) in [6, 6.07) is 0.586. The molecule has 1 amide bonds. The maximum Gasteiger partial charge on any atom is 0.236 e. The van der Waals surface area contributed by atoms with Crippen molar-refractivity contribution < 1.29 is 4.79 Å². The van der Waals surface area contributed by atoms with Gasteiger partial charge in [-0.05, 0) is 19.5 Å². The second kappa shape index (κ2) is 10.6. The summed E-state index contributed by atoms with van der Waals surface area (Å²) in [5.74, 6) is 0.307. The van der Waals surface area contributed by atoms with Gasteiger partial charge in [0, 0.05) is 45.3 Å². The Bertz CT molecular complexity index is 297. The number of rotatable bonds is 5. The molecule has 21 heavy (non-hydrogen) atoms. The smallest absolute Gasteiger partial charge is 0.236 e. The molecule has 1 atom stereocenters. The van der Waals surface area contributed by atoms with Crippen LogP contribution in [0.15, 0.2) is 0 Å². The van der Waals surface area contributed by atoms with E-state index in [1.165, 1.54) is 0 Å². The Labute approximate surface area is 141 Å². The number of nitrogens with zero attached hydrogens (tertiary/aromatic N) is 3. The maximum atomic E-state index is 12.3. The number of likely N-dealkylation sites (tertiary alicyclic amines) is 1. The van der Waals surface area contributed by atoms with Crippen LogP contribution in [0.25, 0.3) is 0 Å². The van der Waals surface area contributed by atoms with Gasteiger partial charge in [-0.25, -0.2) is 0 Å². The molecule has 2 rings (SSSR count). The van der Waals surface area contributed by atoms with E-state index in [1.807, 2.05) is 0 Å². The Kier molecular flexibility index (Phi) is 10.6. The van der Waals surface area contributed by atoms with Crippen LogP contribution >= 0.6 is 24.8 Å². The van der Waals surface area contributed by atoms with Crippen molar-refractivity contribution in [1.29, 1.82) is 0 Å². The van der Waals surface area contributed by atoms with E-state index in [0.29, 0.717) is 18.5 Å². The molecule has 0 aromatic heterocycles. The number of likely N-dealkylation sites (N-methyl/N-ethyl adjacent to an activating group) is 1. The third-order valence-electron chi connectivity index (χ3n) is 4.44. The quantitative estimate of drug-likeness (QED) is 0.798. The van der Waals surface area contributed by atoms with Crippen molar-refractivity contribution in [2.24, 2.45) is 0 Å². The first-order chi connectivity index (χ1) is 9.24. The average Bonchev–Trinajstić information content (AvgIpc) is 2.95. The lowest BCUT2D eigenvalue weighted by Crippen LogP contribution is -2.49. The van der Waals surface area contributed by atoms with Crippen LogP contribution in [0.1, 0.15) is 20.3 Å². The van der Waals surface area contributed by atoms with Crippen LogP contribution in [0, 0.1) is 0 Å². The van der Waals surface area contributed by atoms with Crippen molar-refractivity contribution in [2.45, 2.75) is 26.3 Å². The largest absolute Gasteiger partial charge is 0.340 e. The number of amides is 1. The normalized spacial score (nSPS) is 22.8. The third kappa shape index (κ3) is 5.91. The van der Waals surface area contributed by atoms with E-state index in [0.717, 1.165) is 58.8 Å². The van der Waals surface area contributed by atoms with E-state index >= 15 is 0 Å². The summed E-state index contributed by atoms with van der Waals surface area (Å²) in [5.41, 5.74) is 0. The minimum Gasteiger partial charge on any atom is -0.340 e. The van der Waals surface area contributed by atoms with Gasteiger partial charge < -0.3 is 10.2 Å². The number of nitrogens with one attached hydrogen (secondary N) is 1. The van der Waals surface area contributed by atoms with Crippen LogP contribution in [0.3, 0.4) is 0 Å². The zero-order valence-electron chi connectivity index (χ0n) is 13.2. The fraction of sp³-hybridized carbons (Fsp3) is 0.929. The molecule has 2 saturated heterocycles.